The summed E-state index contributed by atoms with van der Waals surface area (Å²) < 4.78 is 36.0. The van der Waals surface area contributed by atoms with E-state index < -0.39 is 27.7 Å². The second-order valence-electron chi connectivity index (χ2n) is 6.61. The van der Waals surface area contributed by atoms with E-state index in [1.165, 1.54) is 24.1 Å². The van der Waals surface area contributed by atoms with Crippen LogP contribution in [0.4, 0.5) is 5.69 Å². The molecule has 2 aromatic carbocycles. The first-order valence-electron chi connectivity index (χ1n) is 9.35. The molecule has 2 aromatic rings. The number of carbonyl (C=O) groups excluding carboxylic acids is 2. The topological polar surface area (TPSA) is 122 Å². The van der Waals surface area contributed by atoms with E-state index in [1.54, 1.807) is 42.5 Å². The van der Waals surface area contributed by atoms with E-state index in [4.69, 9.17) is 14.6 Å². The number of carbonyl (C=O) groups is 2. The number of esters is 1. The van der Waals surface area contributed by atoms with Gasteiger partial charge < -0.3 is 24.8 Å². The Morgan fingerprint density at radius 3 is 2.48 bits per heavy atom. The lowest BCUT2D eigenvalue weighted by molar-refractivity contribution is -0.136. The predicted molar refractivity (Wildman–Crippen MR) is 112 cm³/mol. The standard InChI is InChI=1S/C21H22N2O7S/c1-29-21(26)16-13-23(11-12-24)20(25)19(16)22-17-9-5-6-10-18(17)31(27,28)14-30-15-7-3-2-4-8-15/h2-10,22,24H,11-14H2,1H3. The molecular weight excluding hydrogens is 424 g/mol. The summed E-state index contributed by atoms with van der Waals surface area (Å²) in [5.41, 5.74) is 0.0791. The van der Waals surface area contributed by atoms with Gasteiger partial charge in [0.25, 0.3) is 5.91 Å². The number of nitrogens with zero attached hydrogens (tertiary/aromatic N) is 1. The molecule has 1 heterocycles. The number of nitrogens with one attached hydrogen (secondary N) is 1. The Kier molecular flexibility index (Phi) is 6.93. The number of aliphatic hydroxyl groups is 1. The van der Waals surface area contributed by atoms with Crippen LogP contribution in [0.1, 0.15) is 0 Å². The quantitative estimate of drug-likeness (QED) is 0.551. The number of rotatable bonds is 9. The lowest BCUT2D eigenvalue weighted by atomic mass is 10.2. The average Bonchev–Trinajstić information content (AvgIpc) is 3.08. The molecule has 0 fully saturated rings. The van der Waals surface area contributed by atoms with Crippen molar-refractivity contribution in [3.8, 4) is 5.75 Å². The van der Waals surface area contributed by atoms with Crippen molar-refractivity contribution in [1.29, 1.82) is 0 Å². The molecule has 164 valence electrons. The Balaban J connectivity index is 1.90. The molecule has 0 aromatic heterocycles. The summed E-state index contributed by atoms with van der Waals surface area (Å²) in [5, 5.41) is 12.0. The number of methoxy groups -OCH3 is 1. The third-order valence-corrected chi connectivity index (χ3v) is 6.01. The van der Waals surface area contributed by atoms with Crippen molar-refractivity contribution in [3.05, 3.63) is 65.9 Å². The third kappa shape index (κ3) is 5.04. The van der Waals surface area contributed by atoms with Gasteiger partial charge in [-0.2, -0.15) is 0 Å². The minimum Gasteiger partial charge on any atom is -0.477 e. The Morgan fingerprint density at radius 1 is 1.13 bits per heavy atom. The van der Waals surface area contributed by atoms with Crippen molar-refractivity contribution < 1.29 is 32.6 Å². The minimum absolute atomic E-state index is 0.0232. The number of ether oxygens (including phenoxy) is 2. The molecule has 0 saturated heterocycles. The first-order chi connectivity index (χ1) is 14.9. The fourth-order valence-electron chi connectivity index (χ4n) is 3.05. The Bertz CT molecular complexity index is 1100. The van der Waals surface area contributed by atoms with Gasteiger partial charge in [-0.05, 0) is 24.3 Å². The highest BCUT2D eigenvalue weighted by Gasteiger charge is 2.35. The van der Waals surface area contributed by atoms with Gasteiger partial charge in [0.1, 0.15) is 11.4 Å². The van der Waals surface area contributed by atoms with Crippen LogP contribution in [0.25, 0.3) is 0 Å². The van der Waals surface area contributed by atoms with Gasteiger partial charge in [-0.15, -0.1) is 0 Å². The van der Waals surface area contributed by atoms with Crippen molar-refractivity contribution in [2.24, 2.45) is 0 Å². The number of hydrogen-bond donors (Lipinski definition) is 2. The fourth-order valence-corrected chi connectivity index (χ4v) is 4.21. The first kappa shape index (κ1) is 22.3. The molecule has 1 aliphatic rings. The number of benzene rings is 2. The summed E-state index contributed by atoms with van der Waals surface area (Å²) >= 11 is 0. The smallest absolute Gasteiger partial charge is 0.337 e. The molecule has 0 saturated carbocycles. The van der Waals surface area contributed by atoms with E-state index in [0.29, 0.717) is 5.75 Å². The molecule has 0 unspecified atom stereocenters. The molecule has 10 heteroatoms. The number of amides is 1. The number of para-hydroxylation sites is 2. The van der Waals surface area contributed by atoms with Gasteiger partial charge in [0.05, 0.1) is 36.4 Å². The van der Waals surface area contributed by atoms with E-state index in [9.17, 15) is 18.0 Å². The van der Waals surface area contributed by atoms with Gasteiger partial charge in [-0.3, -0.25) is 4.79 Å². The van der Waals surface area contributed by atoms with Crippen LogP contribution in [0, 0.1) is 0 Å². The summed E-state index contributed by atoms with van der Waals surface area (Å²) in [7, 11) is -2.72. The average molecular weight is 446 g/mol. The van der Waals surface area contributed by atoms with Crippen LogP contribution in [0.2, 0.25) is 0 Å². The number of sulfone groups is 1. The summed E-state index contributed by atoms with van der Waals surface area (Å²) in [6.07, 6.45) is 0. The number of aliphatic hydroxyl groups excluding tert-OH is 1. The SMILES string of the molecule is COC(=O)C1=C(Nc2ccccc2S(=O)(=O)COc2ccccc2)C(=O)N(CCO)C1. The molecular formula is C21H22N2O7S. The fraction of sp³-hybridized carbons (Fsp3) is 0.238. The number of anilines is 1. The summed E-state index contributed by atoms with van der Waals surface area (Å²) in [6.45, 7) is -0.314. The van der Waals surface area contributed by atoms with Crippen LogP contribution in [0.5, 0.6) is 5.75 Å². The van der Waals surface area contributed by atoms with Crippen molar-refractivity contribution in [1.82, 2.24) is 4.90 Å². The van der Waals surface area contributed by atoms with Crippen molar-refractivity contribution in [2.75, 3.05) is 38.1 Å². The van der Waals surface area contributed by atoms with Crippen LogP contribution >= 0.6 is 0 Å². The number of hydrogen-bond acceptors (Lipinski definition) is 8. The zero-order chi connectivity index (χ0) is 22.4. The second-order valence-corrected chi connectivity index (χ2v) is 8.51. The highest BCUT2D eigenvalue weighted by Crippen LogP contribution is 2.28. The number of β-amino-alcohol motifs (C(OH)–C–C–N with tert-alkyl or cyclic N) is 1. The molecule has 1 amide bonds. The largest absolute Gasteiger partial charge is 0.477 e. The van der Waals surface area contributed by atoms with Gasteiger partial charge in [0.2, 0.25) is 9.84 Å². The van der Waals surface area contributed by atoms with Crippen LogP contribution in [0.3, 0.4) is 0 Å². The Hall–Kier alpha value is -3.37. The van der Waals surface area contributed by atoms with Gasteiger partial charge in [-0.25, -0.2) is 13.2 Å². The van der Waals surface area contributed by atoms with Gasteiger partial charge in [-0.1, -0.05) is 30.3 Å². The predicted octanol–water partition coefficient (Wildman–Crippen LogP) is 1.17. The molecule has 3 rings (SSSR count). The molecule has 0 atom stereocenters. The third-order valence-electron chi connectivity index (χ3n) is 4.56. The summed E-state index contributed by atoms with van der Waals surface area (Å²) in [4.78, 5) is 26.0. The van der Waals surface area contributed by atoms with E-state index in [0.717, 1.165) is 0 Å². The van der Waals surface area contributed by atoms with Crippen LogP contribution < -0.4 is 10.1 Å². The van der Waals surface area contributed by atoms with Crippen LogP contribution in [-0.2, 0) is 24.2 Å². The van der Waals surface area contributed by atoms with Crippen molar-refractivity contribution >= 4 is 27.4 Å². The lowest BCUT2D eigenvalue weighted by Crippen LogP contribution is -2.31. The Labute approximate surface area is 179 Å². The van der Waals surface area contributed by atoms with E-state index in [1.807, 2.05) is 0 Å². The second kappa shape index (κ2) is 9.63. The van der Waals surface area contributed by atoms with E-state index >= 15 is 0 Å². The maximum Gasteiger partial charge on any atom is 0.337 e. The van der Waals surface area contributed by atoms with E-state index in [2.05, 4.69) is 5.32 Å². The maximum absolute atomic E-state index is 12.9. The van der Waals surface area contributed by atoms with Crippen molar-refractivity contribution in [2.45, 2.75) is 4.90 Å². The highest BCUT2D eigenvalue weighted by molar-refractivity contribution is 7.91. The zero-order valence-corrected chi connectivity index (χ0v) is 17.6. The molecule has 1 aliphatic heterocycles. The normalized spacial score (nSPS) is 14.0. The molecule has 0 spiro atoms. The van der Waals surface area contributed by atoms with Gasteiger partial charge in [0.15, 0.2) is 5.94 Å². The molecule has 0 bridgehead atoms. The zero-order valence-electron chi connectivity index (χ0n) is 16.8. The minimum atomic E-state index is -3.90. The van der Waals surface area contributed by atoms with Crippen LogP contribution in [-0.4, -0.2) is 63.0 Å². The molecule has 0 aliphatic carbocycles. The molecule has 9 nitrogen and oxygen atoms in total. The maximum atomic E-state index is 12.9. The van der Waals surface area contributed by atoms with E-state index in [-0.39, 0.29) is 41.5 Å². The molecule has 0 radical (unpaired) electrons. The summed E-state index contributed by atoms with van der Waals surface area (Å²) in [5.74, 6) is -1.47. The van der Waals surface area contributed by atoms with Gasteiger partial charge in [0, 0.05) is 6.54 Å². The first-order valence-corrected chi connectivity index (χ1v) is 11.0. The molecule has 2 N–H and O–H groups in total. The Morgan fingerprint density at radius 2 is 1.81 bits per heavy atom. The van der Waals surface area contributed by atoms with Crippen LogP contribution in [0.15, 0.2) is 70.8 Å². The monoisotopic (exact) mass is 446 g/mol. The van der Waals surface area contributed by atoms with Crippen molar-refractivity contribution in [3.63, 3.8) is 0 Å². The highest BCUT2D eigenvalue weighted by atomic mass is 32.2. The lowest BCUT2D eigenvalue weighted by Gasteiger charge is -2.16. The molecule has 31 heavy (non-hydrogen) atoms. The van der Waals surface area contributed by atoms with Gasteiger partial charge >= 0.3 is 5.97 Å². The summed E-state index contributed by atoms with van der Waals surface area (Å²) in [6, 6.07) is 14.5.